The Bertz CT molecular complexity index is 910. The third kappa shape index (κ3) is 5.49. The van der Waals surface area contributed by atoms with Gasteiger partial charge in [0.1, 0.15) is 5.75 Å². The maximum atomic E-state index is 11.1. The van der Waals surface area contributed by atoms with Gasteiger partial charge in [0.05, 0.1) is 18.2 Å². The quantitative estimate of drug-likeness (QED) is 0.394. The minimum Gasteiger partial charge on any atom is -1.00 e. The number of halogens is 2. The van der Waals surface area contributed by atoms with Crippen LogP contribution in [0.3, 0.4) is 0 Å². The van der Waals surface area contributed by atoms with Gasteiger partial charge < -0.3 is 40.4 Å². The molecule has 0 spiro atoms. The van der Waals surface area contributed by atoms with Gasteiger partial charge >= 0.3 is 5.97 Å². The zero-order valence-corrected chi connectivity index (χ0v) is 16.9. The van der Waals surface area contributed by atoms with E-state index in [0.29, 0.717) is 5.75 Å². The fraction of sp³-hybridized carbons (Fsp3) is 0.158. The van der Waals surface area contributed by atoms with Crippen molar-refractivity contribution in [2.75, 3.05) is 12.9 Å². The van der Waals surface area contributed by atoms with Gasteiger partial charge in [0.2, 0.25) is 11.2 Å². The summed E-state index contributed by atoms with van der Waals surface area (Å²) in [4.78, 5) is 15.5. The lowest BCUT2D eigenvalue weighted by Gasteiger charge is -2.08. The number of quaternary nitrogens is 1. The van der Waals surface area contributed by atoms with Gasteiger partial charge in [0.15, 0.2) is 6.04 Å². The average molecular weight is 427 g/mol. The number of hydrogen-bond donors (Lipinski definition) is 2. The first-order valence-corrected chi connectivity index (χ1v) is 8.85. The lowest BCUT2D eigenvalue weighted by atomic mass is 10.1. The summed E-state index contributed by atoms with van der Waals surface area (Å²) in [6, 6.07) is 17.3. The van der Waals surface area contributed by atoms with Gasteiger partial charge in [0, 0.05) is 22.6 Å². The second kappa shape index (κ2) is 10.4. The van der Waals surface area contributed by atoms with E-state index in [-0.39, 0.29) is 24.8 Å². The first-order chi connectivity index (χ1) is 12.1. The van der Waals surface area contributed by atoms with Crippen molar-refractivity contribution in [1.82, 2.24) is 0 Å². The van der Waals surface area contributed by atoms with Crippen LogP contribution in [0.2, 0.25) is 0 Å². The fourth-order valence-electron chi connectivity index (χ4n) is 2.51. The second-order valence-corrected chi connectivity index (χ2v) is 6.73. The molecule has 0 bridgehead atoms. The molecule has 0 radical (unpaired) electrons. The van der Waals surface area contributed by atoms with Gasteiger partial charge in [-0.25, -0.2) is 9.78 Å². The molecule has 0 amide bonds. The monoisotopic (exact) mass is 426 g/mol. The summed E-state index contributed by atoms with van der Waals surface area (Å²) in [5, 5.41) is 10.1. The smallest absolute Gasteiger partial charge is 0.363 e. The molecule has 3 rings (SSSR count). The number of methoxy groups -OCH3 is 1. The molecule has 0 aliphatic heterocycles. The van der Waals surface area contributed by atoms with E-state index >= 15 is 0 Å². The number of hydrogen-bond acceptors (Lipinski definition) is 3. The highest BCUT2D eigenvalue weighted by Crippen LogP contribution is 2.31. The van der Waals surface area contributed by atoms with E-state index in [1.54, 1.807) is 7.11 Å². The zero-order chi connectivity index (χ0) is 17.8. The van der Waals surface area contributed by atoms with Crippen molar-refractivity contribution in [1.29, 1.82) is 0 Å². The number of aromatic amines is 1. The molecular formula is C19H20Cl2N2O3S. The van der Waals surface area contributed by atoms with Crippen molar-refractivity contribution in [2.24, 2.45) is 0 Å². The van der Waals surface area contributed by atoms with Crippen LogP contribution in [0, 0.1) is 0 Å². The lowest BCUT2D eigenvalue weighted by molar-refractivity contribution is -0.400. The molecule has 0 fully saturated rings. The predicted octanol–water partition coefficient (Wildman–Crippen LogP) is -3.88. The normalized spacial score (nSPS) is 11.2. The minimum atomic E-state index is -0.889. The van der Waals surface area contributed by atoms with Crippen molar-refractivity contribution in [2.45, 2.75) is 10.9 Å². The number of H-pyrrole nitrogens is 1. The van der Waals surface area contributed by atoms with E-state index < -0.39 is 12.0 Å². The fourth-order valence-corrected chi connectivity index (χ4v) is 3.56. The van der Waals surface area contributed by atoms with Crippen LogP contribution in [0.5, 0.6) is 5.75 Å². The second-order valence-electron chi connectivity index (χ2n) is 5.67. The molecule has 2 aromatic carbocycles. The third-order valence-corrected chi connectivity index (χ3v) is 5.13. The Kier molecular flexibility index (Phi) is 8.85. The molecule has 5 N–H and O–H groups in total. The van der Waals surface area contributed by atoms with Crippen LogP contribution in [-0.4, -0.2) is 30.0 Å². The van der Waals surface area contributed by atoms with E-state index in [1.807, 2.05) is 48.5 Å². The van der Waals surface area contributed by atoms with Crippen LogP contribution in [0.15, 0.2) is 59.5 Å². The molecule has 27 heavy (non-hydrogen) atoms. The van der Waals surface area contributed by atoms with Crippen LogP contribution < -0.4 is 40.3 Å². The third-order valence-electron chi connectivity index (χ3n) is 3.91. The molecule has 1 aromatic heterocycles. The molecule has 1 heterocycles. The van der Waals surface area contributed by atoms with Crippen LogP contribution in [0.25, 0.3) is 22.2 Å². The number of benzene rings is 2. The number of rotatable bonds is 6. The molecule has 0 saturated carbocycles. The number of carboxylic acids is 1. The highest BCUT2D eigenvalue weighted by molar-refractivity contribution is 7.99. The summed E-state index contributed by atoms with van der Waals surface area (Å²) in [6.45, 7) is 0. The van der Waals surface area contributed by atoms with Gasteiger partial charge in [-0.05, 0) is 24.3 Å². The number of ether oxygens (including phenoxy) is 1. The maximum absolute atomic E-state index is 11.1. The van der Waals surface area contributed by atoms with Gasteiger partial charge in [-0.15, -0.1) is 11.8 Å². The van der Waals surface area contributed by atoms with Crippen LogP contribution >= 0.6 is 11.8 Å². The number of carbonyl (C=O) groups is 1. The molecule has 0 saturated heterocycles. The number of aliphatic carboxylic acids is 1. The molecule has 1 atom stereocenters. The van der Waals surface area contributed by atoms with Crippen LogP contribution in [0.1, 0.15) is 0 Å². The Labute approximate surface area is 174 Å². The van der Waals surface area contributed by atoms with Crippen molar-refractivity contribution in [3.05, 3.63) is 54.6 Å². The molecular weight excluding hydrogens is 407 g/mol. The maximum Gasteiger partial charge on any atom is 0.363 e. The van der Waals surface area contributed by atoms with Crippen molar-refractivity contribution in [3.63, 3.8) is 0 Å². The molecule has 8 heteroatoms. The summed E-state index contributed by atoms with van der Waals surface area (Å²) in [7, 11) is 1.63. The summed E-state index contributed by atoms with van der Waals surface area (Å²) < 4.78 is 5.33. The predicted molar refractivity (Wildman–Crippen MR) is 97.5 cm³/mol. The summed E-state index contributed by atoms with van der Waals surface area (Å²) in [5.74, 6) is 0.277. The number of fused-ring (bicyclic) bond motifs is 1. The van der Waals surface area contributed by atoms with Crippen LogP contribution in [-0.2, 0) is 4.79 Å². The molecule has 5 nitrogen and oxygen atoms in total. The van der Waals surface area contributed by atoms with Crippen molar-refractivity contribution < 1.29 is 50.2 Å². The highest BCUT2D eigenvalue weighted by Gasteiger charge is 2.19. The first-order valence-electron chi connectivity index (χ1n) is 7.86. The average Bonchev–Trinajstić information content (AvgIpc) is 2.65. The molecule has 144 valence electrons. The number of aromatic nitrogens is 1. The summed E-state index contributed by atoms with van der Waals surface area (Å²) >= 11 is 1.50. The minimum absolute atomic E-state index is 0. The molecule has 1 unspecified atom stereocenters. The molecule has 0 aliphatic carbocycles. The Morgan fingerprint density at radius 3 is 2.52 bits per heavy atom. The number of carboxylic acid groups (broad SMARTS) is 1. The van der Waals surface area contributed by atoms with E-state index in [2.05, 4.69) is 16.8 Å². The number of thioether (sulfide) groups is 1. The first kappa shape index (κ1) is 23.0. The summed E-state index contributed by atoms with van der Waals surface area (Å²) in [5.41, 5.74) is 6.73. The van der Waals surface area contributed by atoms with E-state index in [9.17, 15) is 4.79 Å². The summed E-state index contributed by atoms with van der Waals surface area (Å²) in [6.07, 6.45) is 0. The largest absolute Gasteiger partial charge is 1.00 e. The number of pyridine rings is 1. The van der Waals surface area contributed by atoms with Crippen LogP contribution in [0.4, 0.5) is 0 Å². The Morgan fingerprint density at radius 2 is 1.89 bits per heavy atom. The Balaban J connectivity index is 0.00000182. The van der Waals surface area contributed by atoms with Gasteiger partial charge in [-0.1, -0.05) is 18.2 Å². The molecule has 0 aliphatic rings. The lowest BCUT2D eigenvalue weighted by Crippen LogP contribution is -3.00. The zero-order valence-electron chi connectivity index (χ0n) is 14.6. The SMILES string of the molecule is COc1ccc2[nH+]c(-c3ccccc3)cc(SCC([NH3+])C(=O)O)c2c1.[Cl-].[Cl-]. The van der Waals surface area contributed by atoms with E-state index in [1.165, 1.54) is 11.8 Å². The van der Waals surface area contributed by atoms with E-state index in [4.69, 9.17) is 9.84 Å². The van der Waals surface area contributed by atoms with E-state index in [0.717, 1.165) is 32.8 Å². The van der Waals surface area contributed by atoms with Gasteiger partial charge in [-0.3, -0.25) is 0 Å². The standard InChI is InChI=1S/C19H18N2O3S.2ClH/c1-24-13-7-8-16-14(9-13)18(25-11-15(20)19(22)23)10-17(21-16)12-5-3-2-4-6-12;;/h2-10,15H,11,20H2,1H3,(H,22,23);2*1H. The highest BCUT2D eigenvalue weighted by atomic mass is 35.5. The topological polar surface area (TPSA) is 88.3 Å². The Morgan fingerprint density at radius 1 is 1.19 bits per heavy atom. The molecule has 3 aromatic rings. The van der Waals surface area contributed by atoms with Gasteiger partial charge in [-0.2, -0.15) is 0 Å². The van der Waals surface area contributed by atoms with Gasteiger partial charge in [0.25, 0.3) is 0 Å². The Hall–Kier alpha value is -1.99. The van der Waals surface area contributed by atoms with Crippen molar-refractivity contribution in [3.8, 4) is 17.0 Å². The van der Waals surface area contributed by atoms with Crippen molar-refractivity contribution >= 4 is 28.6 Å². The number of nitrogens with one attached hydrogen (secondary N) is 1.